The fourth-order valence-corrected chi connectivity index (χ4v) is 3.37. The first kappa shape index (κ1) is 19.4. The molecule has 2 N–H and O–H groups in total. The van der Waals surface area contributed by atoms with E-state index in [-0.39, 0.29) is 16.8 Å². The highest BCUT2D eigenvalue weighted by molar-refractivity contribution is 7.89. The quantitative estimate of drug-likeness (QED) is 0.765. The molecule has 0 radical (unpaired) electrons. The number of benzene rings is 2. The molecule has 0 spiro atoms. The van der Waals surface area contributed by atoms with E-state index < -0.39 is 10.0 Å². The first-order valence-electron chi connectivity index (χ1n) is 7.92. The Bertz CT molecular complexity index is 939. The lowest BCUT2D eigenvalue weighted by Gasteiger charge is -2.10. The summed E-state index contributed by atoms with van der Waals surface area (Å²) in [6, 6.07) is 14.6. The van der Waals surface area contributed by atoms with Gasteiger partial charge in [-0.1, -0.05) is 12.1 Å². The van der Waals surface area contributed by atoms with Gasteiger partial charge in [-0.2, -0.15) is 5.26 Å². The number of hydrogen-bond donors (Lipinski definition) is 2. The van der Waals surface area contributed by atoms with Crippen LogP contribution in [0.2, 0.25) is 0 Å². The van der Waals surface area contributed by atoms with Crippen molar-refractivity contribution in [2.24, 2.45) is 0 Å². The van der Waals surface area contributed by atoms with E-state index in [2.05, 4.69) is 10.0 Å². The van der Waals surface area contributed by atoms with Gasteiger partial charge < -0.3 is 5.32 Å². The molecule has 0 aliphatic heterocycles. The summed E-state index contributed by atoms with van der Waals surface area (Å²) in [4.78, 5) is 12.1. The van der Waals surface area contributed by atoms with Gasteiger partial charge in [0.25, 0.3) is 0 Å². The van der Waals surface area contributed by atoms with Crippen molar-refractivity contribution < 1.29 is 13.2 Å². The summed E-state index contributed by atoms with van der Waals surface area (Å²) in [6.07, 6.45) is 2.99. The average molecular weight is 369 g/mol. The van der Waals surface area contributed by atoms with E-state index >= 15 is 0 Å². The molecule has 2 aromatic carbocycles. The summed E-state index contributed by atoms with van der Waals surface area (Å²) in [5.74, 6) is -0.342. The minimum atomic E-state index is -3.56. The molecular formula is C19H19N3O3S. The third kappa shape index (κ3) is 5.55. The van der Waals surface area contributed by atoms with E-state index in [1.165, 1.54) is 30.3 Å². The number of rotatable bonds is 6. The number of hydrogen-bond acceptors (Lipinski definition) is 4. The van der Waals surface area contributed by atoms with Crippen LogP contribution in [-0.4, -0.2) is 20.4 Å². The highest BCUT2D eigenvalue weighted by Crippen LogP contribution is 2.14. The minimum absolute atomic E-state index is 0.136. The van der Waals surface area contributed by atoms with Gasteiger partial charge in [-0.25, -0.2) is 13.1 Å². The molecule has 134 valence electrons. The van der Waals surface area contributed by atoms with Crippen LogP contribution in [0.3, 0.4) is 0 Å². The maximum absolute atomic E-state index is 12.1. The maximum atomic E-state index is 12.1. The van der Waals surface area contributed by atoms with Crippen molar-refractivity contribution in [3.63, 3.8) is 0 Å². The monoisotopic (exact) mass is 369 g/mol. The number of sulfonamides is 1. The van der Waals surface area contributed by atoms with Crippen molar-refractivity contribution in [2.45, 2.75) is 24.8 Å². The summed E-state index contributed by atoms with van der Waals surface area (Å²) in [6.45, 7) is 3.48. The van der Waals surface area contributed by atoms with E-state index in [1.54, 1.807) is 44.2 Å². The van der Waals surface area contributed by atoms with Crippen LogP contribution in [0, 0.1) is 11.3 Å². The van der Waals surface area contributed by atoms with Gasteiger partial charge in [-0.3, -0.25) is 4.79 Å². The van der Waals surface area contributed by atoms with Gasteiger partial charge >= 0.3 is 0 Å². The standard InChI is InChI=1S/C19H19N3O3S/c1-14(2)22-26(24,25)18-10-8-17(9-11-18)21-19(23)12-7-15-3-5-16(13-20)6-4-15/h3-12,14,22H,1-2H3,(H,21,23)/b12-7+. The number of nitriles is 1. The van der Waals surface area contributed by atoms with Crippen molar-refractivity contribution >= 4 is 27.7 Å². The summed E-state index contributed by atoms with van der Waals surface area (Å²) in [7, 11) is -3.56. The second-order valence-electron chi connectivity index (χ2n) is 5.86. The molecule has 0 heterocycles. The molecule has 0 aliphatic rings. The zero-order chi connectivity index (χ0) is 19.2. The zero-order valence-electron chi connectivity index (χ0n) is 14.4. The molecule has 0 atom stereocenters. The van der Waals surface area contributed by atoms with Crippen LogP contribution < -0.4 is 10.0 Å². The smallest absolute Gasteiger partial charge is 0.248 e. The molecule has 0 fully saturated rings. The highest BCUT2D eigenvalue weighted by Gasteiger charge is 2.14. The Balaban J connectivity index is 2.01. The van der Waals surface area contributed by atoms with Crippen LogP contribution in [0.4, 0.5) is 5.69 Å². The van der Waals surface area contributed by atoms with E-state index in [1.807, 2.05) is 6.07 Å². The van der Waals surface area contributed by atoms with Crippen molar-refractivity contribution in [1.82, 2.24) is 4.72 Å². The van der Waals surface area contributed by atoms with Gasteiger partial charge in [0.15, 0.2) is 0 Å². The van der Waals surface area contributed by atoms with Crippen LogP contribution >= 0.6 is 0 Å². The number of anilines is 1. The number of carbonyl (C=O) groups excluding carboxylic acids is 1. The minimum Gasteiger partial charge on any atom is -0.323 e. The molecular weight excluding hydrogens is 350 g/mol. The fourth-order valence-electron chi connectivity index (χ4n) is 2.12. The lowest BCUT2D eigenvalue weighted by molar-refractivity contribution is -0.111. The van der Waals surface area contributed by atoms with E-state index in [0.29, 0.717) is 11.3 Å². The summed E-state index contributed by atoms with van der Waals surface area (Å²) < 4.78 is 26.6. The predicted molar refractivity (Wildman–Crippen MR) is 101 cm³/mol. The predicted octanol–water partition coefficient (Wildman–Crippen LogP) is 2.90. The van der Waals surface area contributed by atoms with Crippen LogP contribution in [0.5, 0.6) is 0 Å². The zero-order valence-corrected chi connectivity index (χ0v) is 15.2. The molecule has 7 heteroatoms. The molecule has 2 aromatic rings. The van der Waals surface area contributed by atoms with Crippen molar-refractivity contribution in [1.29, 1.82) is 5.26 Å². The average Bonchev–Trinajstić information content (AvgIpc) is 2.60. The molecule has 0 bridgehead atoms. The molecule has 2 rings (SSSR count). The molecule has 0 unspecified atom stereocenters. The summed E-state index contributed by atoms with van der Waals surface area (Å²) in [5.41, 5.74) is 1.83. The number of nitrogens with one attached hydrogen (secondary N) is 2. The molecule has 0 saturated carbocycles. The van der Waals surface area contributed by atoms with Gasteiger partial charge in [0, 0.05) is 17.8 Å². The number of carbonyl (C=O) groups is 1. The maximum Gasteiger partial charge on any atom is 0.248 e. The molecule has 0 aliphatic carbocycles. The van der Waals surface area contributed by atoms with E-state index in [9.17, 15) is 13.2 Å². The lowest BCUT2D eigenvalue weighted by Crippen LogP contribution is -2.30. The van der Waals surface area contributed by atoms with Gasteiger partial charge in [0.1, 0.15) is 0 Å². The lowest BCUT2D eigenvalue weighted by atomic mass is 10.1. The van der Waals surface area contributed by atoms with Gasteiger partial charge in [-0.05, 0) is 61.9 Å². The van der Waals surface area contributed by atoms with Crippen LogP contribution in [0.1, 0.15) is 25.0 Å². The Labute approximate surface area is 153 Å². The van der Waals surface area contributed by atoms with Crippen molar-refractivity contribution in [2.75, 3.05) is 5.32 Å². The molecule has 6 nitrogen and oxygen atoms in total. The normalized spacial score (nSPS) is 11.5. The Morgan fingerprint density at radius 3 is 2.23 bits per heavy atom. The van der Waals surface area contributed by atoms with Crippen LogP contribution in [-0.2, 0) is 14.8 Å². The largest absolute Gasteiger partial charge is 0.323 e. The first-order valence-corrected chi connectivity index (χ1v) is 9.40. The second kappa shape index (κ2) is 8.43. The van der Waals surface area contributed by atoms with Crippen molar-refractivity contribution in [3.05, 3.63) is 65.7 Å². The summed E-state index contributed by atoms with van der Waals surface area (Å²) in [5, 5.41) is 11.4. The Morgan fingerprint density at radius 2 is 1.69 bits per heavy atom. The first-order chi connectivity index (χ1) is 12.3. The number of amides is 1. The topological polar surface area (TPSA) is 99.1 Å². The third-order valence-corrected chi connectivity index (χ3v) is 4.96. The van der Waals surface area contributed by atoms with Gasteiger partial charge in [-0.15, -0.1) is 0 Å². The number of nitrogens with zero attached hydrogens (tertiary/aromatic N) is 1. The third-order valence-electron chi connectivity index (χ3n) is 3.29. The van der Waals surface area contributed by atoms with Gasteiger partial charge in [0.2, 0.25) is 15.9 Å². The van der Waals surface area contributed by atoms with Gasteiger partial charge in [0.05, 0.1) is 16.5 Å². The molecule has 26 heavy (non-hydrogen) atoms. The Kier molecular flexibility index (Phi) is 6.28. The molecule has 0 saturated heterocycles. The SMILES string of the molecule is CC(C)NS(=O)(=O)c1ccc(NC(=O)/C=C/c2ccc(C#N)cc2)cc1. The van der Waals surface area contributed by atoms with Crippen LogP contribution in [0.25, 0.3) is 6.08 Å². The van der Waals surface area contributed by atoms with E-state index in [4.69, 9.17) is 5.26 Å². The van der Waals surface area contributed by atoms with Crippen LogP contribution in [0.15, 0.2) is 59.5 Å². The van der Waals surface area contributed by atoms with Crippen molar-refractivity contribution in [3.8, 4) is 6.07 Å². The molecule has 0 aromatic heterocycles. The van der Waals surface area contributed by atoms with E-state index in [0.717, 1.165) is 5.56 Å². The summed E-state index contributed by atoms with van der Waals surface area (Å²) >= 11 is 0. The second-order valence-corrected chi connectivity index (χ2v) is 7.57. The highest BCUT2D eigenvalue weighted by atomic mass is 32.2. The Morgan fingerprint density at radius 1 is 1.08 bits per heavy atom. The molecule has 1 amide bonds. The fraction of sp³-hybridized carbons (Fsp3) is 0.158. The Hall–Kier alpha value is -2.95.